The van der Waals surface area contributed by atoms with Gasteiger partial charge >= 0.3 is 0 Å². The van der Waals surface area contributed by atoms with E-state index in [1.54, 1.807) is 78.9 Å². The Bertz CT molecular complexity index is 995. The summed E-state index contributed by atoms with van der Waals surface area (Å²) in [5.41, 5.74) is 1.67. The van der Waals surface area contributed by atoms with E-state index >= 15 is 0 Å². The number of hydrogen-bond acceptors (Lipinski definition) is 3. The van der Waals surface area contributed by atoms with Gasteiger partial charge in [-0.05, 0) is 29.8 Å². The highest BCUT2D eigenvalue weighted by atomic mass is 79.9. The second kappa shape index (κ2) is 9.65. The minimum Gasteiger partial charge on any atom is -0.293 e. The highest BCUT2D eigenvalue weighted by Crippen LogP contribution is 2.40. The van der Waals surface area contributed by atoms with Crippen LogP contribution in [0.1, 0.15) is 33.4 Å². The summed E-state index contributed by atoms with van der Waals surface area (Å²) in [4.78, 5) is 24.2. The van der Waals surface area contributed by atoms with E-state index in [0.29, 0.717) is 21.7 Å². The van der Waals surface area contributed by atoms with Crippen molar-refractivity contribution in [3.05, 3.63) is 115 Å². The second-order valence-corrected chi connectivity index (χ2v) is 8.83. The van der Waals surface area contributed by atoms with Crippen molar-refractivity contribution in [2.45, 2.75) is 16.8 Å². The van der Waals surface area contributed by atoms with Crippen LogP contribution in [0.4, 0.5) is 0 Å². The number of rotatable bonds is 7. The number of carbonyl (C=O) groups excluding carboxylic acids is 1. The molecule has 3 aromatic rings. The van der Waals surface area contributed by atoms with Crippen molar-refractivity contribution in [2.75, 3.05) is 0 Å². The molecule has 3 aromatic carbocycles. The predicted octanol–water partition coefficient (Wildman–Crippen LogP) is 6.85. The van der Waals surface area contributed by atoms with Crippen LogP contribution in [0.3, 0.4) is 0 Å². The topological polar surface area (TPSA) is 60.2 Å². The van der Waals surface area contributed by atoms with Crippen molar-refractivity contribution in [2.24, 2.45) is 0 Å². The Kier molecular flexibility index (Phi) is 7.22. The van der Waals surface area contributed by atoms with Gasteiger partial charge in [0.15, 0.2) is 5.78 Å². The maximum atomic E-state index is 13.2. The Morgan fingerprint density at radius 3 is 2.03 bits per heavy atom. The number of hydrogen-bond donors (Lipinski definition) is 0. The van der Waals surface area contributed by atoms with E-state index in [2.05, 4.69) is 31.9 Å². The first kappa shape index (κ1) is 21.7. The zero-order chi connectivity index (χ0) is 21.0. The minimum atomic E-state index is -1.11. The van der Waals surface area contributed by atoms with Crippen molar-refractivity contribution >= 4 is 49.2 Å². The summed E-state index contributed by atoms with van der Waals surface area (Å²) in [5, 5.41) is 12.7. The van der Waals surface area contributed by atoms with Crippen LogP contribution in [-0.2, 0) is 0 Å². The second-order valence-electron chi connectivity index (χ2n) is 6.49. The molecular formula is C22H16Br2ClNO3. The Morgan fingerprint density at radius 2 is 1.48 bits per heavy atom. The summed E-state index contributed by atoms with van der Waals surface area (Å²) in [7, 11) is 0. The quantitative estimate of drug-likeness (QED) is 0.143. The van der Waals surface area contributed by atoms with E-state index in [0.717, 1.165) is 4.47 Å². The average molecular weight is 538 g/mol. The smallest absolute Gasteiger partial charge is 0.246 e. The lowest BCUT2D eigenvalue weighted by molar-refractivity contribution is -0.533. The number of Topliss-reactive ketones (excluding diaryl/α,β-unsaturated/α-hetero) is 1. The third kappa shape index (κ3) is 5.13. The van der Waals surface area contributed by atoms with Gasteiger partial charge < -0.3 is 0 Å². The van der Waals surface area contributed by atoms with Crippen LogP contribution in [0.2, 0.25) is 5.02 Å². The molecule has 0 bridgehead atoms. The van der Waals surface area contributed by atoms with E-state index in [1.165, 1.54) is 0 Å². The van der Waals surface area contributed by atoms with E-state index in [9.17, 15) is 14.9 Å². The standard InChI is InChI=1S/C22H16Br2ClNO3/c23-17-10-6-16(7-11-17)22(27)20(24)19(14-8-12-18(25)13-9-14)21(26(28)29)15-4-2-1-3-5-15/h1-13,19-21H/t19-,20+,21-/m1/s1. The van der Waals surface area contributed by atoms with Gasteiger partial charge in [0, 0.05) is 25.5 Å². The average Bonchev–Trinajstić information content (AvgIpc) is 2.72. The van der Waals surface area contributed by atoms with Crippen molar-refractivity contribution in [1.82, 2.24) is 0 Å². The highest BCUT2D eigenvalue weighted by Gasteiger charge is 2.42. The van der Waals surface area contributed by atoms with Crippen LogP contribution < -0.4 is 0 Å². The molecule has 0 radical (unpaired) electrons. The molecule has 0 aliphatic rings. The fourth-order valence-corrected chi connectivity index (χ4v) is 4.49. The zero-order valence-electron chi connectivity index (χ0n) is 15.0. The van der Waals surface area contributed by atoms with Crippen LogP contribution in [0, 0.1) is 10.1 Å². The first-order chi connectivity index (χ1) is 13.9. The van der Waals surface area contributed by atoms with Crippen molar-refractivity contribution in [3.63, 3.8) is 0 Å². The predicted molar refractivity (Wildman–Crippen MR) is 122 cm³/mol. The van der Waals surface area contributed by atoms with Gasteiger partial charge in [-0.1, -0.05) is 98.1 Å². The summed E-state index contributed by atoms with van der Waals surface area (Å²) < 4.78 is 0.849. The van der Waals surface area contributed by atoms with Crippen LogP contribution in [0.5, 0.6) is 0 Å². The number of alkyl halides is 1. The molecule has 0 aliphatic heterocycles. The summed E-state index contributed by atoms with van der Waals surface area (Å²) in [6.45, 7) is 0. The minimum absolute atomic E-state index is 0.222. The highest BCUT2D eigenvalue weighted by molar-refractivity contribution is 9.10. The molecule has 0 N–H and O–H groups in total. The number of benzene rings is 3. The van der Waals surface area contributed by atoms with E-state index in [-0.39, 0.29) is 10.7 Å². The molecule has 0 unspecified atom stereocenters. The third-order valence-corrected chi connectivity index (χ3v) is 6.42. The Hall–Kier alpha value is -2.02. The van der Waals surface area contributed by atoms with Crippen molar-refractivity contribution in [3.8, 4) is 0 Å². The molecular weight excluding hydrogens is 522 g/mol. The van der Waals surface area contributed by atoms with E-state index in [4.69, 9.17) is 11.6 Å². The molecule has 0 aliphatic carbocycles. The Balaban J connectivity index is 2.09. The molecule has 0 amide bonds. The fraction of sp³-hybridized carbons (Fsp3) is 0.136. The SMILES string of the molecule is O=C(c1ccc(Br)cc1)[C@@H](Br)[C@@H](c1ccc(Cl)cc1)[C@@H](c1ccccc1)[N+](=O)[O-]. The van der Waals surface area contributed by atoms with Crippen LogP contribution >= 0.6 is 43.5 Å². The molecule has 148 valence electrons. The first-order valence-electron chi connectivity index (χ1n) is 8.76. The molecule has 3 atom stereocenters. The number of nitro groups is 1. The lowest BCUT2D eigenvalue weighted by Crippen LogP contribution is -2.31. The van der Waals surface area contributed by atoms with Crippen molar-refractivity contribution in [1.29, 1.82) is 0 Å². The molecule has 0 fully saturated rings. The fourth-order valence-electron chi connectivity index (χ4n) is 3.24. The van der Waals surface area contributed by atoms with Crippen LogP contribution in [0.25, 0.3) is 0 Å². The van der Waals surface area contributed by atoms with Crippen molar-refractivity contribution < 1.29 is 9.72 Å². The van der Waals surface area contributed by atoms with Gasteiger partial charge in [-0.3, -0.25) is 14.9 Å². The van der Waals surface area contributed by atoms with E-state index < -0.39 is 16.8 Å². The molecule has 0 spiro atoms. The van der Waals surface area contributed by atoms with Gasteiger partial charge in [0.2, 0.25) is 6.04 Å². The number of carbonyl (C=O) groups is 1. The molecule has 7 heteroatoms. The maximum Gasteiger partial charge on any atom is 0.246 e. The molecule has 0 heterocycles. The summed E-state index contributed by atoms with van der Waals surface area (Å²) >= 11 is 12.9. The number of ketones is 1. The van der Waals surface area contributed by atoms with Gasteiger partial charge in [0.1, 0.15) is 0 Å². The lowest BCUT2D eigenvalue weighted by atomic mass is 9.82. The van der Waals surface area contributed by atoms with Gasteiger partial charge in [-0.15, -0.1) is 0 Å². The molecule has 0 aromatic heterocycles. The Morgan fingerprint density at radius 1 is 0.897 bits per heavy atom. The maximum absolute atomic E-state index is 13.2. The molecule has 3 rings (SSSR count). The molecule has 0 saturated carbocycles. The first-order valence-corrected chi connectivity index (χ1v) is 10.8. The van der Waals surface area contributed by atoms with E-state index in [1.807, 2.05) is 0 Å². The van der Waals surface area contributed by atoms with Gasteiger partial charge in [-0.2, -0.15) is 0 Å². The molecule has 0 saturated heterocycles. The summed E-state index contributed by atoms with van der Waals surface area (Å²) in [6, 6.07) is 21.4. The third-order valence-electron chi connectivity index (χ3n) is 4.66. The normalized spacial score (nSPS) is 14.0. The molecule has 29 heavy (non-hydrogen) atoms. The van der Waals surface area contributed by atoms with Crippen LogP contribution in [-0.4, -0.2) is 15.5 Å². The summed E-state index contributed by atoms with van der Waals surface area (Å²) in [6.07, 6.45) is 0. The monoisotopic (exact) mass is 535 g/mol. The van der Waals surface area contributed by atoms with Gasteiger partial charge in [0.25, 0.3) is 0 Å². The largest absolute Gasteiger partial charge is 0.293 e. The summed E-state index contributed by atoms with van der Waals surface area (Å²) in [5.74, 6) is -0.957. The van der Waals surface area contributed by atoms with Gasteiger partial charge in [-0.25, -0.2) is 0 Å². The van der Waals surface area contributed by atoms with Crippen LogP contribution in [0.15, 0.2) is 83.3 Å². The zero-order valence-corrected chi connectivity index (χ0v) is 19.0. The lowest BCUT2D eigenvalue weighted by Gasteiger charge is -2.26. The number of nitrogens with zero attached hydrogens (tertiary/aromatic N) is 1. The Labute approximate surface area is 190 Å². The van der Waals surface area contributed by atoms with Gasteiger partial charge in [0.05, 0.1) is 10.7 Å². The molecule has 4 nitrogen and oxygen atoms in total. The number of halogens is 3.